The molecule has 1 amide bonds. The van der Waals surface area contributed by atoms with Crippen molar-refractivity contribution in [3.63, 3.8) is 0 Å². The molecule has 1 aliphatic rings. The van der Waals surface area contributed by atoms with Gasteiger partial charge in [0, 0.05) is 25.4 Å². The van der Waals surface area contributed by atoms with Crippen LogP contribution in [0.15, 0.2) is 6.33 Å². The lowest BCUT2D eigenvalue weighted by Gasteiger charge is -2.20. The third-order valence-electron chi connectivity index (χ3n) is 4.73. The van der Waals surface area contributed by atoms with Crippen LogP contribution in [-0.4, -0.2) is 27.2 Å². The third kappa shape index (κ3) is 4.29. The van der Waals surface area contributed by atoms with Gasteiger partial charge in [0.25, 0.3) is 0 Å². The van der Waals surface area contributed by atoms with E-state index in [1.807, 2.05) is 11.6 Å². The molecular formula is C16H28N4O. The van der Waals surface area contributed by atoms with Crippen molar-refractivity contribution in [3.05, 3.63) is 12.2 Å². The molecule has 1 saturated carbocycles. The first kappa shape index (κ1) is 16.0. The smallest absolute Gasteiger partial charge is 0.223 e. The molecule has 1 fully saturated rings. The minimum Gasteiger partial charge on any atom is -0.355 e. The second kappa shape index (κ2) is 7.57. The predicted octanol–water partition coefficient (Wildman–Crippen LogP) is 2.64. The van der Waals surface area contributed by atoms with Crippen LogP contribution in [0.2, 0.25) is 0 Å². The molecule has 1 aromatic rings. The summed E-state index contributed by atoms with van der Waals surface area (Å²) in [5.74, 6) is 2.24. The Bertz CT molecular complexity index is 451. The van der Waals surface area contributed by atoms with Gasteiger partial charge in [0.2, 0.25) is 5.91 Å². The first-order chi connectivity index (χ1) is 10.1. The molecule has 0 unspecified atom stereocenters. The second-order valence-electron chi connectivity index (χ2n) is 6.44. The molecule has 0 aromatic carbocycles. The minimum atomic E-state index is 0.166. The molecule has 21 heavy (non-hydrogen) atoms. The Balaban J connectivity index is 1.80. The highest BCUT2D eigenvalue weighted by molar-refractivity contribution is 5.78. The van der Waals surface area contributed by atoms with Crippen LogP contribution in [0.25, 0.3) is 0 Å². The van der Waals surface area contributed by atoms with Crippen LogP contribution in [0, 0.1) is 11.8 Å². The summed E-state index contributed by atoms with van der Waals surface area (Å²) in [6, 6.07) is 0. The van der Waals surface area contributed by atoms with Gasteiger partial charge in [0.15, 0.2) is 0 Å². The second-order valence-corrected chi connectivity index (χ2v) is 6.44. The summed E-state index contributed by atoms with van der Waals surface area (Å²) in [7, 11) is 1.93. The zero-order valence-corrected chi connectivity index (χ0v) is 13.5. The zero-order chi connectivity index (χ0) is 15.2. The molecule has 1 N–H and O–H groups in total. The van der Waals surface area contributed by atoms with Crippen molar-refractivity contribution in [2.75, 3.05) is 6.54 Å². The highest BCUT2D eigenvalue weighted by Gasteiger charge is 2.24. The van der Waals surface area contributed by atoms with E-state index in [2.05, 4.69) is 29.4 Å². The fourth-order valence-electron chi connectivity index (χ4n) is 3.34. The summed E-state index contributed by atoms with van der Waals surface area (Å²) in [5, 5.41) is 11.1. The summed E-state index contributed by atoms with van der Waals surface area (Å²) >= 11 is 0. The Morgan fingerprint density at radius 1 is 1.48 bits per heavy atom. The number of hydrogen-bond donors (Lipinski definition) is 1. The van der Waals surface area contributed by atoms with Crippen LogP contribution in [-0.2, 0) is 11.8 Å². The highest BCUT2D eigenvalue weighted by Crippen LogP contribution is 2.31. The maximum absolute atomic E-state index is 12.4. The Morgan fingerprint density at radius 2 is 2.19 bits per heavy atom. The van der Waals surface area contributed by atoms with Gasteiger partial charge in [-0.2, -0.15) is 0 Å². The number of nitrogens with one attached hydrogen (secondary N) is 1. The maximum atomic E-state index is 12.4. The Labute approximate surface area is 127 Å². The van der Waals surface area contributed by atoms with Crippen LogP contribution < -0.4 is 5.32 Å². The lowest BCUT2D eigenvalue weighted by molar-refractivity contribution is -0.125. The van der Waals surface area contributed by atoms with Gasteiger partial charge in [0.05, 0.1) is 0 Å². The van der Waals surface area contributed by atoms with Gasteiger partial charge in [-0.1, -0.05) is 39.5 Å². The van der Waals surface area contributed by atoms with Crippen LogP contribution >= 0.6 is 0 Å². The average molecular weight is 292 g/mol. The third-order valence-corrected chi connectivity index (χ3v) is 4.73. The summed E-state index contributed by atoms with van der Waals surface area (Å²) in [4.78, 5) is 12.4. The zero-order valence-electron chi connectivity index (χ0n) is 13.5. The molecular weight excluding hydrogens is 264 g/mol. The van der Waals surface area contributed by atoms with E-state index >= 15 is 0 Å². The molecule has 5 heteroatoms. The molecule has 1 heterocycles. The van der Waals surface area contributed by atoms with E-state index in [-0.39, 0.29) is 17.7 Å². The normalized spacial score (nSPS) is 18.6. The lowest BCUT2D eigenvalue weighted by atomic mass is 9.90. The van der Waals surface area contributed by atoms with E-state index in [1.54, 1.807) is 6.33 Å². The van der Waals surface area contributed by atoms with E-state index in [0.29, 0.717) is 6.54 Å². The van der Waals surface area contributed by atoms with Crippen LogP contribution in [0.3, 0.4) is 0 Å². The molecule has 0 aliphatic heterocycles. The van der Waals surface area contributed by atoms with Crippen LogP contribution in [0.1, 0.15) is 64.1 Å². The minimum absolute atomic E-state index is 0.166. The lowest BCUT2D eigenvalue weighted by Crippen LogP contribution is -2.34. The van der Waals surface area contributed by atoms with Gasteiger partial charge in [-0.25, -0.2) is 0 Å². The molecule has 2 rings (SSSR count). The van der Waals surface area contributed by atoms with Gasteiger partial charge < -0.3 is 9.88 Å². The molecule has 0 spiro atoms. The number of aryl methyl sites for hydroxylation is 1. The quantitative estimate of drug-likeness (QED) is 0.840. The van der Waals surface area contributed by atoms with E-state index in [4.69, 9.17) is 0 Å². The van der Waals surface area contributed by atoms with E-state index in [9.17, 15) is 4.79 Å². The van der Waals surface area contributed by atoms with Gasteiger partial charge in [-0.3, -0.25) is 4.79 Å². The number of carbonyl (C=O) groups is 1. The van der Waals surface area contributed by atoms with Crippen LogP contribution in [0.5, 0.6) is 0 Å². The summed E-state index contributed by atoms with van der Waals surface area (Å²) < 4.78 is 1.91. The topological polar surface area (TPSA) is 59.8 Å². The van der Waals surface area contributed by atoms with Crippen molar-refractivity contribution in [2.24, 2.45) is 18.9 Å². The van der Waals surface area contributed by atoms with Crippen molar-refractivity contribution >= 4 is 5.91 Å². The van der Waals surface area contributed by atoms with Gasteiger partial charge in [-0.05, 0) is 18.8 Å². The molecule has 2 atom stereocenters. The monoisotopic (exact) mass is 292 g/mol. The predicted molar refractivity (Wildman–Crippen MR) is 82.8 cm³/mol. The summed E-state index contributed by atoms with van der Waals surface area (Å²) in [6.07, 6.45) is 8.97. The van der Waals surface area contributed by atoms with Crippen molar-refractivity contribution in [2.45, 2.75) is 58.3 Å². The fraction of sp³-hybridized carbons (Fsp3) is 0.812. The molecule has 0 bridgehead atoms. The Hall–Kier alpha value is -1.39. The summed E-state index contributed by atoms with van der Waals surface area (Å²) in [6.45, 7) is 4.82. The number of aromatic nitrogens is 3. The Morgan fingerprint density at radius 3 is 2.76 bits per heavy atom. The van der Waals surface area contributed by atoms with E-state index in [1.165, 1.54) is 25.7 Å². The van der Waals surface area contributed by atoms with Crippen molar-refractivity contribution in [1.29, 1.82) is 0 Å². The van der Waals surface area contributed by atoms with Crippen molar-refractivity contribution in [3.8, 4) is 0 Å². The van der Waals surface area contributed by atoms with E-state index in [0.717, 1.165) is 24.6 Å². The highest BCUT2D eigenvalue weighted by atomic mass is 16.1. The fourth-order valence-corrected chi connectivity index (χ4v) is 3.34. The summed E-state index contributed by atoms with van der Waals surface area (Å²) in [5.41, 5.74) is 0. The largest absolute Gasteiger partial charge is 0.355 e. The molecule has 1 aromatic heterocycles. The molecule has 1 aliphatic carbocycles. The number of rotatable bonds is 7. The SMILES string of the molecule is CC[C@H](CC1CCCC1)C(=O)NC[C@H](C)c1nncn1C. The molecule has 118 valence electrons. The first-order valence-corrected chi connectivity index (χ1v) is 8.23. The molecule has 5 nitrogen and oxygen atoms in total. The standard InChI is InChI=1S/C16H28N4O/c1-4-14(9-13-7-5-6-8-13)16(21)17-10-12(2)15-19-18-11-20(15)3/h11-14H,4-10H2,1-3H3,(H,17,21)/t12-,14+/m0/s1. The van der Waals surface area contributed by atoms with Crippen molar-refractivity contribution in [1.82, 2.24) is 20.1 Å². The Kier molecular flexibility index (Phi) is 5.76. The number of nitrogens with zero attached hydrogens (tertiary/aromatic N) is 3. The van der Waals surface area contributed by atoms with Gasteiger partial charge in [-0.15, -0.1) is 10.2 Å². The number of carbonyl (C=O) groups excluding carboxylic acids is 1. The average Bonchev–Trinajstić information content (AvgIpc) is 3.13. The van der Waals surface area contributed by atoms with Gasteiger partial charge >= 0.3 is 0 Å². The van der Waals surface area contributed by atoms with Gasteiger partial charge in [0.1, 0.15) is 12.2 Å². The first-order valence-electron chi connectivity index (χ1n) is 8.23. The van der Waals surface area contributed by atoms with Crippen molar-refractivity contribution < 1.29 is 4.79 Å². The maximum Gasteiger partial charge on any atom is 0.223 e. The van der Waals surface area contributed by atoms with E-state index < -0.39 is 0 Å². The molecule has 0 radical (unpaired) electrons. The molecule has 0 saturated heterocycles. The van der Waals surface area contributed by atoms with Crippen LogP contribution in [0.4, 0.5) is 0 Å². The number of amides is 1. The number of hydrogen-bond acceptors (Lipinski definition) is 3.